The fraction of sp³-hybridized carbons (Fsp3) is 0.444. The number of pyridine rings is 1. The Kier molecular flexibility index (Phi) is 4.28. The molecule has 0 atom stereocenters. The second-order valence-corrected chi connectivity index (χ2v) is 3.09. The lowest BCUT2D eigenvalue weighted by molar-refractivity contribution is -0.275. The van der Waals surface area contributed by atoms with Gasteiger partial charge in [0.2, 0.25) is 5.88 Å². The van der Waals surface area contributed by atoms with E-state index in [0.29, 0.717) is 0 Å². The third kappa shape index (κ3) is 3.19. The van der Waals surface area contributed by atoms with Crippen LogP contribution in [-0.2, 0) is 6.54 Å². The number of nitrogens with two attached hydrogens (primary N) is 1. The van der Waals surface area contributed by atoms with E-state index in [0.717, 1.165) is 13.3 Å². The highest BCUT2D eigenvalue weighted by atomic mass is 19.4. The number of nitrogens with zero attached hydrogens (tertiary/aromatic N) is 1. The molecule has 1 heterocycles. The van der Waals surface area contributed by atoms with E-state index in [9.17, 15) is 22.0 Å². The summed E-state index contributed by atoms with van der Waals surface area (Å²) in [5.74, 6) is -1.70. The van der Waals surface area contributed by atoms with Gasteiger partial charge < -0.3 is 15.2 Å². The minimum absolute atomic E-state index is 0.288. The highest BCUT2D eigenvalue weighted by Gasteiger charge is 2.36. The number of rotatable bonds is 4. The van der Waals surface area contributed by atoms with Crippen LogP contribution in [0.25, 0.3) is 0 Å². The van der Waals surface area contributed by atoms with Gasteiger partial charge in [-0.1, -0.05) is 0 Å². The van der Waals surface area contributed by atoms with Crippen LogP contribution in [-0.4, -0.2) is 18.5 Å². The van der Waals surface area contributed by atoms with Gasteiger partial charge in [0.15, 0.2) is 0 Å². The zero-order chi connectivity index (χ0) is 13.9. The van der Waals surface area contributed by atoms with Crippen molar-refractivity contribution in [3.63, 3.8) is 0 Å². The Morgan fingerprint density at radius 1 is 1.39 bits per heavy atom. The zero-order valence-electron chi connectivity index (χ0n) is 9.09. The molecular weight excluding hydrogens is 263 g/mol. The molecule has 0 bridgehead atoms. The maximum atomic E-state index is 12.8. The number of methoxy groups -OCH3 is 1. The summed E-state index contributed by atoms with van der Waals surface area (Å²) in [5, 5.41) is 0. The Morgan fingerprint density at radius 2 is 2.00 bits per heavy atom. The maximum Gasteiger partial charge on any atom is 0.573 e. The van der Waals surface area contributed by atoms with E-state index in [1.807, 2.05) is 0 Å². The Labute approximate surface area is 98.5 Å². The van der Waals surface area contributed by atoms with Crippen LogP contribution in [0.1, 0.15) is 17.6 Å². The summed E-state index contributed by atoms with van der Waals surface area (Å²) in [6.07, 6.45) is -7.46. The van der Waals surface area contributed by atoms with Gasteiger partial charge in [-0.3, -0.25) is 0 Å². The van der Waals surface area contributed by atoms with E-state index >= 15 is 0 Å². The lowest BCUT2D eigenvalue weighted by atomic mass is 10.1. The second-order valence-electron chi connectivity index (χ2n) is 3.09. The Bertz CT molecular complexity index is 422. The molecule has 1 aromatic rings. The van der Waals surface area contributed by atoms with Gasteiger partial charge in [-0.15, -0.1) is 13.2 Å². The quantitative estimate of drug-likeness (QED) is 0.855. The predicted octanol–water partition coefficient (Wildman–Crippen LogP) is 2.39. The summed E-state index contributed by atoms with van der Waals surface area (Å²) < 4.78 is 70.1. The van der Waals surface area contributed by atoms with Crippen molar-refractivity contribution in [2.75, 3.05) is 7.11 Å². The minimum Gasteiger partial charge on any atom is -0.481 e. The van der Waals surface area contributed by atoms with E-state index in [1.54, 1.807) is 0 Å². The van der Waals surface area contributed by atoms with Crippen LogP contribution in [0.3, 0.4) is 0 Å². The third-order valence-corrected chi connectivity index (χ3v) is 1.95. The molecule has 0 saturated carbocycles. The summed E-state index contributed by atoms with van der Waals surface area (Å²) in [6.45, 7) is -0.428. The zero-order valence-corrected chi connectivity index (χ0v) is 9.09. The summed E-state index contributed by atoms with van der Waals surface area (Å²) in [4.78, 5) is 3.45. The van der Waals surface area contributed by atoms with Crippen LogP contribution in [0.4, 0.5) is 22.0 Å². The first-order valence-electron chi connectivity index (χ1n) is 4.59. The van der Waals surface area contributed by atoms with Crippen molar-refractivity contribution in [3.8, 4) is 11.6 Å². The Balaban J connectivity index is 3.40. The van der Waals surface area contributed by atoms with Crippen LogP contribution >= 0.6 is 0 Å². The van der Waals surface area contributed by atoms with Gasteiger partial charge >= 0.3 is 6.36 Å². The molecule has 0 fully saturated rings. The number of ether oxygens (including phenoxy) is 2. The highest BCUT2D eigenvalue weighted by molar-refractivity contribution is 5.46. The Morgan fingerprint density at radius 3 is 2.39 bits per heavy atom. The van der Waals surface area contributed by atoms with Gasteiger partial charge in [-0.05, 0) is 0 Å². The van der Waals surface area contributed by atoms with Crippen LogP contribution < -0.4 is 15.2 Å². The van der Waals surface area contributed by atoms with Crippen molar-refractivity contribution >= 4 is 0 Å². The molecule has 102 valence electrons. The van der Waals surface area contributed by atoms with Gasteiger partial charge in [-0.25, -0.2) is 13.8 Å². The van der Waals surface area contributed by atoms with E-state index in [1.165, 1.54) is 0 Å². The van der Waals surface area contributed by atoms with Gasteiger partial charge in [0.05, 0.1) is 7.11 Å². The largest absolute Gasteiger partial charge is 0.573 e. The molecule has 0 radical (unpaired) electrons. The van der Waals surface area contributed by atoms with Crippen LogP contribution in [0, 0.1) is 0 Å². The molecule has 0 amide bonds. The molecule has 18 heavy (non-hydrogen) atoms. The van der Waals surface area contributed by atoms with Crippen molar-refractivity contribution in [2.45, 2.75) is 19.3 Å². The smallest absolute Gasteiger partial charge is 0.481 e. The average molecular weight is 272 g/mol. The molecular formula is C9H9F5N2O2. The molecule has 0 spiro atoms. The minimum atomic E-state index is -5.11. The summed E-state index contributed by atoms with van der Waals surface area (Å²) in [5.41, 5.74) is 3.80. The number of alkyl halides is 5. The first-order chi connectivity index (χ1) is 8.30. The third-order valence-electron chi connectivity index (χ3n) is 1.95. The van der Waals surface area contributed by atoms with E-state index in [-0.39, 0.29) is 5.56 Å². The monoisotopic (exact) mass is 272 g/mol. The highest BCUT2D eigenvalue weighted by Crippen LogP contribution is 2.40. The molecule has 2 N–H and O–H groups in total. The van der Waals surface area contributed by atoms with Crippen molar-refractivity contribution < 1.29 is 31.4 Å². The van der Waals surface area contributed by atoms with E-state index in [4.69, 9.17) is 5.73 Å². The topological polar surface area (TPSA) is 57.4 Å². The van der Waals surface area contributed by atoms with Crippen LogP contribution in [0.5, 0.6) is 11.6 Å². The molecule has 0 aliphatic rings. The fourth-order valence-corrected chi connectivity index (χ4v) is 1.27. The summed E-state index contributed by atoms with van der Waals surface area (Å²) in [7, 11) is 1.01. The van der Waals surface area contributed by atoms with E-state index in [2.05, 4.69) is 14.5 Å². The molecule has 4 nitrogen and oxygen atoms in total. The van der Waals surface area contributed by atoms with Crippen LogP contribution in [0.15, 0.2) is 6.20 Å². The first kappa shape index (κ1) is 14.4. The molecule has 9 heteroatoms. The van der Waals surface area contributed by atoms with E-state index < -0.39 is 36.5 Å². The SMILES string of the molecule is COc1ncc(CN)c(OC(F)(F)F)c1C(F)F. The van der Waals surface area contributed by atoms with Crippen molar-refractivity contribution in [2.24, 2.45) is 5.73 Å². The van der Waals surface area contributed by atoms with Gasteiger partial charge in [0.25, 0.3) is 6.43 Å². The maximum absolute atomic E-state index is 12.8. The second kappa shape index (κ2) is 5.34. The molecule has 1 rings (SSSR count). The van der Waals surface area contributed by atoms with Gasteiger partial charge in [-0.2, -0.15) is 0 Å². The van der Waals surface area contributed by atoms with Crippen molar-refractivity contribution in [1.82, 2.24) is 4.98 Å². The molecule has 0 aliphatic carbocycles. The molecule has 0 saturated heterocycles. The summed E-state index contributed by atoms with van der Waals surface area (Å²) in [6, 6.07) is 0. The summed E-state index contributed by atoms with van der Waals surface area (Å²) >= 11 is 0. The predicted molar refractivity (Wildman–Crippen MR) is 50.3 cm³/mol. The standard InChI is InChI=1S/C9H9F5N2O2/c1-17-8-5(7(10)11)6(18-9(12,13)14)4(2-15)3-16-8/h3,7H,2,15H2,1H3. The number of hydrogen-bond acceptors (Lipinski definition) is 4. The molecule has 0 aromatic carbocycles. The number of halogens is 5. The van der Waals surface area contributed by atoms with Gasteiger partial charge in [0, 0.05) is 18.3 Å². The fourth-order valence-electron chi connectivity index (χ4n) is 1.27. The first-order valence-corrected chi connectivity index (χ1v) is 4.59. The molecule has 1 aromatic heterocycles. The number of aromatic nitrogens is 1. The van der Waals surface area contributed by atoms with Gasteiger partial charge in [0.1, 0.15) is 11.3 Å². The molecule has 0 aliphatic heterocycles. The van der Waals surface area contributed by atoms with Crippen molar-refractivity contribution in [3.05, 3.63) is 17.3 Å². The normalized spacial score (nSPS) is 11.8. The average Bonchev–Trinajstić information content (AvgIpc) is 2.25. The lowest BCUT2D eigenvalue weighted by Crippen LogP contribution is -2.20. The lowest BCUT2D eigenvalue weighted by Gasteiger charge is -2.17. The van der Waals surface area contributed by atoms with Crippen molar-refractivity contribution in [1.29, 1.82) is 0 Å². The molecule has 0 unspecified atom stereocenters. The number of hydrogen-bond donors (Lipinski definition) is 1. The van der Waals surface area contributed by atoms with Crippen LogP contribution in [0.2, 0.25) is 0 Å². The Hall–Kier alpha value is -1.64.